The second-order valence-electron chi connectivity index (χ2n) is 7.01. The zero-order valence-corrected chi connectivity index (χ0v) is 16.6. The number of allylic oxidation sites excluding steroid dienone is 4. The number of fused-ring (bicyclic) bond motifs is 2. The van der Waals surface area contributed by atoms with Crippen molar-refractivity contribution in [3.63, 3.8) is 0 Å². The van der Waals surface area contributed by atoms with Gasteiger partial charge in [-0.25, -0.2) is 0 Å². The average Bonchev–Trinajstić information content (AvgIpc) is 3.00. The van der Waals surface area contributed by atoms with Crippen molar-refractivity contribution >= 4 is 28.2 Å². The minimum Gasteiger partial charge on any atom is -0.0839 e. The molecular weight excluding hydrogens is 427 g/mol. The number of rotatable bonds is 2. The zero-order valence-electron chi connectivity index (χ0n) is 14.5. The monoisotopic (exact) mass is 446 g/mol. The molecule has 0 amide bonds. The summed E-state index contributed by atoms with van der Waals surface area (Å²) in [6.07, 6.45) is 6.98. The van der Waals surface area contributed by atoms with Crippen molar-refractivity contribution in [1.82, 2.24) is 0 Å². The third kappa shape index (κ3) is 2.20. The largest absolute Gasteiger partial charge is 0.0839 e. The fraction of sp³-hybridized carbons (Fsp3) is 0.120. The Kier molecular flexibility index (Phi) is 3.86. The third-order valence-electron chi connectivity index (χ3n) is 5.70. The maximum Gasteiger partial charge on any atom is 0.0710 e. The molecule has 1 heteroatoms. The predicted molar refractivity (Wildman–Crippen MR) is 117 cm³/mol. The van der Waals surface area contributed by atoms with Crippen molar-refractivity contribution in [3.8, 4) is 0 Å². The maximum absolute atomic E-state index is 2.45. The summed E-state index contributed by atoms with van der Waals surface area (Å²) in [6, 6.07) is 29.0. The van der Waals surface area contributed by atoms with E-state index >= 15 is 0 Å². The van der Waals surface area contributed by atoms with E-state index in [1.165, 1.54) is 37.0 Å². The quantitative estimate of drug-likeness (QED) is 0.383. The molecular formula is C25H19I. The first-order valence-corrected chi connectivity index (χ1v) is 10.2. The molecule has 0 unspecified atom stereocenters. The SMILES string of the molecule is Ic1ccc2c(c1)C(c1ccccc1)(c1ccccc1)C1=C2CCC=C1. The normalized spacial score (nSPS) is 17.1. The van der Waals surface area contributed by atoms with Crippen LogP contribution in [0.3, 0.4) is 0 Å². The van der Waals surface area contributed by atoms with E-state index < -0.39 is 0 Å². The Labute approximate surface area is 168 Å². The molecule has 0 aromatic heterocycles. The van der Waals surface area contributed by atoms with E-state index in [9.17, 15) is 0 Å². The Morgan fingerprint density at radius 2 is 1.42 bits per heavy atom. The number of benzene rings is 3. The van der Waals surface area contributed by atoms with Gasteiger partial charge < -0.3 is 0 Å². The van der Waals surface area contributed by atoms with Crippen LogP contribution >= 0.6 is 22.6 Å². The average molecular weight is 446 g/mol. The molecule has 126 valence electrons. The van der Waals surface area contributed by atoms with Gasteiger partial charge in [0.1, 0.15) is 0 Å². The molecule has 0 saturated carbocycles. The van der Waals surface area contributed by atoms with Gasteiger partial charge in [0.2, 0.25) is 0 Å². The van der Waals surface area contributed by atoms with Gasteiger partial charge in [0, 0.05) is 3.57 Å². The molecule has 2 aliphatic rings. The van der Waals surface area contributed by atoms with Crippen LogP contribution in [0, 0.1) is 3.57 Å². The van der Waals surface area contributed by atoms with E-state index in [2.05, 4.69) is 114 Å². The first-order chi connectivity index (χ1) is 12.8. The lowest BCUT2D eigenvalue weighted by molar-refractivity contribution is 0.756. The molecule has 0 saturated heterocycles. The first-order valence-electron chi connectivity index (χ1n) is 9.13. The predicted octanol–water partition coefficient (Wildman–Crippen LogP) is 6.74. The standard InChI is InChI=1S/C25H19I/c26-20-15-16-22-21-13-7-8-14-23(21)25(24(22)17-20,18-9-3-1-4-10-18)19-11-5-2-6-12-19/h1-6,8-12,14-17H,7,13H2. The van der Waals surface area contributed by atoms with E-state index in [1.807, 2.05) is 0 Å². The van der Waals surface area contributed by atoms with Crippen LogP contribution in [0.5, 0.6) is 0 Å². The van der Waals surface area contributed by atoms with Crippen LogP contribution in [0.4, 0.5) is 0 Å². The van der Waals surface area contributed by atoms with Crippen LogP contribution in [0.15, 0.2) is 96.6 Å². The van der Waals surface area contributed by atoms with Crippen molar-refractivity contribution in [3.05, 3.63) is 122 Å². The zero-order chi connectivity index (χ0) is 17.6. The van der Waals surface area contributed by atoms with Crippen LogP contribution in [0.25, 0.3) is 5.57 Å². The Morgan fingerprint density at radius 3 is 2.08 bits per heavy atom. The van der Waals surface area contributed by atoms with Crippen molar-refractivity contribution in [1.29, 1.82) is 0 Å². The number of halogens is 1. The summed E-state index contributed by atoms with van der Waals surface area (Å²) in [5, 5.41) is 0. The highest BCUT2D eigenvalue weighted by atomic mass is 127. The van der Waals surface area contributed by atoms with Gasteiger partial charge in [-0.15, -0.1) is 0 Å². The Bertz CT molecular complexity index is 987. The molecule has 0 aliphatic heterocycles. The summed E-state index contributed by atoms with van der Waals surface area (Å²) in [7, 11) is 0. The van der Waals surface area contributed by atoms with Gasteiger partial charge in [0.05, 0.1) is 5.41 Å². The van der Waals surface area contributed by atoms with Gasteiger partial charge in [0.25, 0.3) is 0 Å². The van der Waals surface area contributed by atoms with Crippen LogP contribution in [0.2, 0.25) is 0 Å². The number of hydrogen-bond acceptors (Lipinski definition) is 0. The minimum atomic E-state index is -0.217. The van der Waals surface area contributed by atoms with Gasteiger partial charge in [-0.3, -0.25) is 0 Å². The second kappa shape index (κ2) is 6.24. The lowest BCUT2D eigenvalue weighted by Crippen LogP contribution is -2.29. The fourth-order valence-corrected chi connectivity index (χ4v) is 5.19. The summed E-state index contributed by atoms with van der Waals surface area (Å²) >= 11 is 2.45. The maximum atomic E-state index is 2.45. The Morgan fingerprint density at radius 1 is 0.769 bits per heavy atom. The molecule has 0 fully saturated rings. The van der Waals surface area contributed by atoms with Gasteiger partial charge in [-0.1, -0.05) is 78.9 Å². The topological polar surface area (TPSA) is 0 Å². The Hall–Kier alpha value is -2.13. The van der Waals surface area contributed by atoms with E-state index in [0.29, 0.717) is 0 Å². The molecule has 0 N–H and O–H groups in total. The van der Waals surface area contributed by atoms with Crippen LogP contribution in [-0.4, -0.2) is 0 Å². The summed E-state index contributed by atoms with van der Waals surface area (Å²) < 4.78 is 1.29. The molecule has 2 aliphatic carbocycles. The van der Waals surface area contributed by atoms with E-state index in [0.717, 1.165) is 12.8 Å². The fourth-order valence-electron chi connectivity index (χ4n) is 4.70. The Balaban J connectivity index is 1.95. The summed E-state index contributed by atoms with van der Waals surface area (Å²) in [5.74, 6) is 0. The van der Waals surface area contributed by atoms with Crippen LogP contribution in [0.1, 0.15) is 35.1 Å². The number of hydrogen-bond donors (Lipinski definition) is 0. The molecule has 5 rings (SSSR count). The summed E-state index contributed by atoms with van der Waals surface area (Å²) in [6.45, 7) is 0. The molecule has 0 heterocycles. The highest BCUT2D eigenvalue weighted by Gasteiger charge is 2.46. The second-order valence-corrected chi connectivity index (χ2v) is 8.25. The lowest BCUT2D eigenvalue weighted by atomic mass is 9.66. The molecule has 0 nitrogen and oxygen atoms in total. The molecule has 0 bridgehead atoms. The molecule has 3 aromatic rings. The van der Waals surface area contributed by atoms with Gasteiger partial charge >= 0.3 is 0 Å². The molecule has 0 radical (unpaired) electrons. The lowest BCUT2D eigenvalue weighted by Gasteiger charge is -2.35. The van der Waals surface area contributed by atoms with Crippen LogP contribution in [-0.2, 0) is 5.41 Å². The molecule has 0 spiro atoms. The first kappa shape index (κ1) is 16.1. The van der Waals surface area contributed by atoms with Gasteiger partial charge in [0.15, 0.2) is 0 Å². The van der Waals surface area contributed by atoms with E-state index in [1.54, 1.807) is 0 Å². The highest BCUT2D eigenvalue weighted by Crippen LogP contribution is 2.56. The van der Waals surface area contributed by atoms with Crippen LogP contribution < -0.4 is 0 Å². The smallest absolute Gasteiger partial charge is 0.0710 e. The summed E-state index contributed by atoms with van der Waals surface area (Å²) in [4.78, 5) is 0. The molecule has 26 heavy (non-hydrogen) atoms. The molecule has 0 atom stereocenters. The van der Waals surface area contributed by atoms with Gasteiger partial charge in [-0.2, -0.15) is 0 Å². The van der Waals surface area contributed by atoms with Crippen molar-refractivity contribution < 1.29 is 0 Å². The third-order valence-corrected chi connectivity index (χ3v) is 6.37. The van der Waals surface area contributed by atoms with E-state index in [4.69, 9.17) is 0 Å². The van der Waals surface area contributed by atoms with Crippen molar-refractivity contribution in [2.24, 2.45) is 0 Å². The minimum absolute atomic E-state index is 0.217. The van der Waals surface area contributed by atoms with Crippen molar-refractivity contribution in [2.75, 3.05) is 0 Å². The highest BCUT2D eigenvalue weighted by molar-refractivity contribution is 14.1. The van der Waals surface area contributed by atoms with Crippen molar-refractivity contribution in [2.45, 2.75) is 18.3 Å². The summed E-state index contributed by atoms with van der Waals surface area (Å²) in [5.41, 5.74) is 8.32. The molecule has 3 aromatic carbocycles. The van der Waals surface area contributed by atoms with E-state index in [-0.39, 0.29) is 5.41 Å². The van der Waals surface area contributed by atoms with Gasteiger partial charge in [-0.05, 0) is 81.0 Å².